The van der Waals surface area contributed by atoms with Gasteiger partial charge in [-0.3, -0.25) is 0 Å². The third-order valence-electron chi connectivity index (χ3n) is 1.62. The molecule has 64 valence electrons. The summed E-state index contributed by atoms with van der Waals surface area (Å²) in [6, 6.07) is 0. The molecule has 0 aliphatic heterocycles. The normalized spacial score (nSPS) is 11.5. The van der Waals surface area contributed by atoms with Crippen molar-refractivity contribution in [2.45, 2.75) is 27.2 Å². The maximum Gasteiger partial charge on any atom is 0.0169 e. The highest BCUT2D eigenvalue weighted by atomic mass is 15.1. The van der Waals surface area contributed by atoms with Crippen molar-refractivity contribution >= 4 is 0 Å². The van der Waals surface area contributed by atoms with E-state index < -0.39 is 0 Å². The Labute approximate surface area is 70.4 Å². The fraction of sp³-hybridized carbons (Fsp3) is 0.600. The van der Waals surface area contributed by atoms with E-state index in [0.717, 1.165) is 12.1 Å². The summed E-state index contributed by atoms with van der Waals surface area (Å²) in [5.41, 5.74) is 2.41. The smallest absolute Gasteiger partial charge is 0.0169 e. The number of allylic oxidation sites excluding steroid dienone is 3. The van der Waals surface area contributed by atoms with Crippen LogP contribution < -0.4 is 0 Å². The van der Waals surface area contributed by atoms with Crippen molar-refractivity contribution in [1.82, 2.24) is 4.90 Å². The van der Waals surface area contributed by atoms with Gasteiger partial charge in [-0.05, 0) is 26.3 Å². The van der Waals surface area contributed by atoms with Crippen LogP contribution in [0.2, 0.25) is 0 Å². The van der Waals surface area contributed by atoms with Crippen LogP contribution in [0.1, 0.15) is 27.2 Å². The molecule has 0 atom stereocenters. The Morgan fingerprint density at radius 3 is 2.36 bits per heavy atom. The minimum Gasteiger partial charge on any atom is -0.378 e. The van der Waals surface area contributed by atoms with Gasteiger partial charge in [0, 0.05) is 19.3 Å². The van der Waals surface area contributed by atoms with E-state index >= 15 is 0 Å². The average molecular weight is 153 g/mol. The molecule has 0 rings (SSSR count). The summed E-state index contributed by atoms with van der Waals surface area (Å²) < 4.78 is 0. The number of rotatable bonds is 4. The zero-order valence-electron chi connectivity index (χ0n) is 8.15. The molecular formula is C10H19N. The lowest BCUT2D eigenvalue weighted by Crippen LogP contribution is -2.16. The molecule has 0 aliphatic rings. The Bertz CT molecular complexity index is 156. The third kappa shape index (κ3) is 4.65. The minimum atomic E-state index is 1.12. The molecule has 0 N–H and O–H groups in total. The van der Waals surface area contributed by atoms with Gasteiger partial charge in [0.2, 0.25) is 0 Å². The number of hydrogen-bond acceptors (Lipinski definition) is 1. The Kier molecular flexibility index (Phi) is 4.67. The van der Waals surface area contributed by atoms with Crippen LogP contribution in [0.25, 0.3) is 0 Å². The van der Waals surface area contributed by atoms with Crippen molar-refractivity contribution in [2.24, 2.45) is 0 Å². The molecule has 0 radical (unpaired) electrons. The first-order valence-electron chi connectivity index (χ1n) is 4.13. The Morgan fingerprint density at radius 2 is 2.00 bits per heavy atom. The summed E-state index contributed by atoms with van der Waals surface area (Å²) in [4.78, 5) is 2.24. The van der Waals surface area contributed by atoms with Crippen molar-refractivity contribution < 1.29 is 0 Å². The van der Waals surface area contributed by atoms with E-state index in [1.165, 1.54) is 12.1 Å². The lowest BCUT2D eigenvalue weighted by Gasteiger charge is -2.18. The SMILES string of the molecule is C=C(C)/C=C(/C)N(C)CCC. The highest BCUT2D eigenvalue weighted by Gasteiger charge is 1.95. The van der Waals surface area contributed by atoms with Crippen LogP contribution in [-0.2, 0) is 0 Å². The fourth-order valence-corrected chi connectivity index (χ4v) is 0.979. The molecule has 0 aromatic carbocycles. The second-order valence-electron chi connectivity index (χ2n) is 3.05. The summed E-state index contributed by atoms with van der Waals surface area (Å²) in [6.45, 7) is 11.3. The molecule has 11 heavy (non-hydrogen) atoms. The van der Waals surface area contributed by atoms with Crippen LogP contribution in [0.15, 0.2) is 23.9 Å². The summed E-state index contributed by atoms with van der Waals surface area (Å²) in [6.07, 6.45) is 3.30. The van der Waals surface area contributed by atoms with E-state index in [-0.39, 0.29) is 0 Å². The van der Waals surface area contributed by atoms with Gasteiger partial charge in [0.05, 0.1) is 0 Å². The molecule has 0 heterocycles. The van der Waals surface area contributed by atoms with Gasteiger partial charge in [-0.1, -0.05) is 19.1 Å². The summed E-state index contributed by atoms with van der Waals surface area (Å²) in [5, 5.41) is 0. The van der Waals surface area contributed by atoms with E-state index in [4.69, 9.17) is 0 Å². The maximum absolute atomic E-state index is 3.83. The summed E-state index contributed by atoms with van der Waals surface area (Å²) in [7, 11) is 2.11. The fourth-order valence-electron chi connectivity index (χ4n) is 0.979. The second-order valence-corrected chi connectivity index (χ2v) is 3.05. The van der Waals surface area contributed by atoms with Crippen LogP contribution >= 0.6 is 0 Å². The van der Waals surface area contributed by atoms with Crippen molar-refractivity contribution in [3.63, 3.8) is 0 Å². The van der Waals surface area contributed by atoms with E-state index in [0.29, 0.717) is 0 Å². The molecule has 0 fully saturated rings. The molecule has 0 saturated heterocycles. The highest BCUT2D eigenvalue weighted by molar-refractivity contribution is 5.16. The highest BCUT2D eigenvalue weighted by Crippen LogP contribution is 2.03. The first kappa shape index (κ1) is 10.3. The van der Waals surface area contributed by atoms with E-state index in [2.05, 4.69) is 38.5 Å². The summed E-state index contributed by atoms with van der Waals surface area (Å²) >= 11 is 0. The van der Waals surface area contributed by atoms with Gasteiger partial charge in [0.15, 0.2) is 0 Å². The number of nitrogens with zero attached hydrogens (tertiary/aromatic N) is 1. The van der Waals surface area contributed by atoms with Crippen LogP contribution in [0, 0.1) is 0 Å². The van der Waals surface area contributed by atoms with Crippen molar-refractivity contribution in [3.05, 3.63) is 23.9 Å². The van der Waals surface area contributed by atoms with Crippen LogP contribution in [0.3, 0.4) is 0 Å². The Balaban J connectivity index is 4.00. The third-order valence-corrected chi connectivity index (χ3v) is 1.62. The topological polar surface area (TPSA) is 3.24 Å². The predicted molar refractivity (Wildman–Crippen MR) is 51.5 cm³/mol. The molecule has 0 unspecified atom stereocenters. The molecule has 0 aromatic heterocycles. The minimum absolute atomic E-state index is 1.12. The molecule has 1 heteroatoms. The van der Waals surface area contributed by atoms with Gasteiger partial charge in [0.25, 0.3) is 0 Å². The average Bonchev–Trinajstić information content (AvgIpc) is 1.86. The molecule has 0 aromatic rings. The van der Waals surface area contributed by atoms with Crippen LogP contribution in [0.5, 0.6) is 0 Å². The monoisotopic (exact) mass is 153 g/mol. The summed E-state index contributed by atoms with van der Waals surface area (Å²) in [5.74, 6) is 0. The molecule has 1 nitrogen and oxygen atoms in total. The zero-order valence-corrected chi connectivity index (χ0v) is 8.15. The second kappa shape index (κ2) is 5.00. The van der Waals surface area contributed by atoms with Gasteiger partial charge >= 0.3 is 0 Å². The number of hydrogen-bond donors (Lipinski definition) is 0. The van der Waals surface area contributed by atoms with Gasteiger partial charge in [-0.2, -0.15) is 0 Å². The quantitative estimate of drug-likeness (QED) is 0.561. The first-order valence-corrected chi connectivity index (χ1v) is 4.13. The van der Waals surface area contributed by atoms with Crippen molar-refractivity contribution in [3.8, 4) is 0 Å². The molecule has 0 aliphatic carbocycles. The lowest BCUT2D eigenvalue weighted by atomic mass is 10.2. The first-order chi connectivity index (χ1) is 5.07. The van der Waals surface area contributed by atoms with E-state index in [1.54, 1.807) is 0 Å². The molecule has 0 bridgehead atoms. The molecule has 0 saturated carbocycles. The van der Waals surface area contributed by atoms with Crippen molar-refractivity contribution in [1.29, 1.82) is 0 Å². The lowest BCUT2D eigenvalue weighted by molar-refractivity contribution is 0.417. The van der Waals surface area contributed by atoms with Gasteiger partial charge in [0.1, 0.15) is 0 Å². The van der Waals surface area contributed by atoms with Crippen molar-refractivity contribution in [2.75, 3.05) is 13.6 Å². The molecule has 0 spiro atoms. The molecular weight excluding hydrogens is 134 g/mol. The van der Waals surface area contributed by atoms with Crippen LogP contribution in [0.4, 0.5) is 0 Å². The zero-order chi connectivity index (χ0) is 8.85. The maximum atomic E-state index is 3.83. The van der Waals surface area contributed by atoms with Gasteiger partial charge in [-0.25, -0.2) is 0 Å². The van der Waals surface area contributed by atoms with Gasteiger partial charge < -0.3 is 4.90 Å². The van der Waals surface area contributed by atoms with E-state index in [1.807, 2.05) is 6.92 Å². The van der Waals surface area contributed by atoms with Crippen LogP contribution in [-0.4, -0.2) is 18.5 Å². The largest absolute Gasteiger partial charge is 0.378 e. The van der Waals surface area contributed by atoms with Gasteiger partial charge in [-0.15, -0.1) is 0 Å². The standard InChI is InChI=1S/C10H19N/c1-6-7-11(5)10(4)8-9(2)3/h8H,2,6-7H2,1,3-5H3/b10-8-. The Hall–Kier alpha value is -0.720. The Morgan fingerprint density at radius 1 is 1.45 bits per heavy atom. The predicted octanol–water partition coefficient (Wildman–Crippen LogP) is 2.81. The van der Waals surface area contributed by atoms with E-state index in [9.17, 15) is 0 Å². The molecule has 0 amide bonds.